The molecule has 7 nitrogen and oxygen atoms in total. The minimum atomic E-state index is 0.160. The predicted molar refractivity (Wildman–Crippen MR) is 311 cm³/mol. The van der Waals surface area contributed by atoms with Crippen LogP contribution in [0, 0.1) is 46.5 Å². The first kappa shape index (κ1) is 49.8. The number of nitrogens with zero attached hydrogens (tertiary/aromatic N) is 4. The van der Waals surface area contributed by atoms with Crippen LogP contribution in [0.25, 0.3) is 0 Å². The maximum atomic E-state index is 9.95. The van der Waals surface area contributed by atoms with Gasteiger partial charge in [0.2, 0.25) is 6.79 Å². The van der Waals surface area contributed by atoms with Gasteiger partial charge in [-0.15, -0.1) is 0 Å². The molecule has 0 aromatic heterocycles. The Hall–Kier alpha value is -5.44. The number of ether oxygens (including phenoxy) is 2. The largest absolute Gasteiger partial charge is 0.508 e. The normalized spacial score (nSPS) is 37.2. The Morgan fingerprint density at radius 3 is 1.29 bits per heavy atom. The number of rotatable bonds is 0. The molecule has 0 saturated carbocycles. The lowest BCUT2D eigenvalue weighted by Gasteiger charge is -2.46. The van der Waals surface area contributed by atoms with Gasteiger partial charge in [0.25, 0.3) is 0 Å². The fourth-order valence-electron chi connectivity index (χ4n) is 17.7. The summed E-state index contributed by atoms with van der Waals surface area (Å²) in [4.78, 5) is 10.6. The summed E-state index contributed by atoms with van der Waals surface area (Å²) in [6.45, 7) is 33.5. The topological polar surface area (TPSA) is 51.7 Å². The minimum Gasteiger partial charge on any atom is -0.508 e. The van der Waals surface area contributed by atoms with Crippen molar-refractivity contribution in [3.05, 3.63) is 194 Å². The molecule has 4 aliphatic carbocycles. The third kappa shape index (κ3) is 7.62. The van der Waals surface area contributed by atoms with Crippen molar-refractivity contribution in [3.63, 3.8) is 0 Å². The first-order valence-corrected chi connectivity index (χ1v) is 29.6. The van der Waals surface area contributed by atoms with Gasteiger partial charge in [-0.2, -0.15) is 0 Å². The number of phenols is 1. The van der Waals surface area contributed by atoms with Crippen LogP contribution in [0.3, 0.4) is 0 Å². The lowest BCUT2D eigenvalue weighted by atomic mass is 9.65. The van der Waals surface area contributed by atoms with E-state index in [-0.39, 0.29) is 16.2 Å². The van der Waals surface area contributed by atoms with Gasteiger partial charge in [-0.05, 0) is 188 Å². The monoisotopic (exact) mass is 1030 g/mol. The summed E-state index contributed by atoms with van der Waals surface area (Å²) in [7, 11) is 0. The summed E-state index contributed by atoms with van der Waals surface area (Å²) in [6, 6.07) is 21.1. The van der Waals surface area contributed by atoms with Crippen LogP contribution in [0.2, 0.25) is 0 Å². The summed E-state index contributed by atoms with van der Waals surface area (Å²) in [5.41, 5.74) is 22.3. The molecule has 14 unspecified atom stereocenters. The molecule has 13 aliphatic rings. The predicted octanol–water partition coefficient (Wildman–Crippen LogP) is 13.2. The molecule has 1 N–H and O–H groups in total. The van der Waals surface area contributed by atoms with Crippen molar-refractivity contribution in [2.24, 2.45) is 11.8 Å². The number of hydrogen-bond acceptors (Lipinski definition) is 7. The second-order valence-electron chi connectivity index (χ2n) is 26.5. The lowest BCUT2D eigenvalue weighted by Crippen LogP contribution is -2.48. The Balaban J connectivity index is 0.0000000935. The van der Waals surface area contributed by atoms with Gasteiger partial charge in [0.15, 0.2) is 11.5 Å². The molecular weight excluding hydrogens is 945 g/mol. The number of aromatic hydroxyl groups is 1. The average molecular weight is 1030 g/mol. The van der Waals surface area contributed by atoms with Gasteiger partial charge in [0.1, 0.15) is 5.75 Å². The van der Waals surface area contributed by atoms with Gasteiger partial charge < -0.3 is 14.6 Å². The molecule has 4 aromatic rings. The zero-order valence-corrected chi connectivity index (χ0v) is 47.2. The first-order chi connectivity index (χ1) is 37.1. The molecule has 0 spiro atoms. The standard InChI is InChI=1S/C18H23N.C18H21N.C17H19NO2.C17H19NO/c2*1-12-4-5-18-6-7-19(17(18)8-12)11-15-9-13(2)14(3)10-16(15)18;1-11-2-3-17-4-5-18(16(17)6-11)9-12-7-14-15(8-13(12)17)20-10-19-14;1-11-3-4-17-5-6-18(16(17)7-11)10-13-9-15(19)12(2)8-14(13)17/h4-5,9-10,12,17H,6-8,11H2,1-3H3;4-5,9-10,17H,1,6-8,11H2,2-3H3;2-3,7-8,11,16H,4-6,9-10H2,1H3;3-4,8-9,16,19H,1,5-7,10H2,2H3. The number of fused-ring (bicyclic) bond motifs is 5. The highest BCUT2D eigenvalue weighted by atomic mass is 16.7. The van der Waals surface area contributed by atoms with Crippen LogP contribution in [0.4, 0.5) is 0 Å². The first-order valence-electron chi connectivity index (χ1n) is 29.6. The Kier molecular flexibility index (Phi) is 11.7. The summed E-state index contributed by atoms with van der Waals surface area (Å²) in [5, 5.41) is 9.95. The van der Waals surface area contributed by atoms with Crippen molar-refractivity contribution in [2.75, 3.05) is 33.0 Å². The van der Waals surface area contributed by atoms with E-state index in [1.54, 1.807) is 22.3 Å². The third-order valence-corrected chi connectivity index (χ3v) is 22.1. The van der Waals surface area contributed by atoms with Crippen molar-refractivity contribution in [1.29, 1.82) is 0 Å². The Morgan fingerprint density at radius 2 is 0.818 bits per heavy atom. The van der Waals surface area contributed by atoms with E-state index in [9.17, 15) is 5.11 Å². The maximum Gasteiger partial charge on any atom is 0.231 e. The second-order valence-corrected chi connectivity index (χ2v) is 26.5. The zero-order chi connectivity index (χ0) is 52.9. The Labute approximate surface area is 459 Å². The second kappa shape index (κ2) is 18.0. The van der Waals surface area contributed by atoms with Gasteiger partial charge >= 0.3 is 0 Å². The quantitative estimate of drug-likeness (QED) is 0.176. The average Bonchev–Trinajstić information content (AvgIpc) is 4.42. The van der Waals surface area contributed by atoms with E-state index in [0.717, 1.165) is 68.0 Å². The minimum absolute atomic E-state index is 0.160. The van der Waals surface area contributed by atoms with Crippen molar-refractivity contribution < 1.29 is 14.6 Å². The molecule has 14 atom stereocenters. The van der Waals surface area contributed by atoms with E-state index >= 15 is 0 Å². The molecular formula is C70H82N4O3. The SMILES string of the molecule is C=C1C=CC23CCN(Cc4cc(C)c(C)cc42)C3C1.C=C1C=CC23CCN(Cc4cc(O)c(C)cc42)C3C1.CC1C=CC23CCN(Cc4cc5c(cc42)OCO5)C3C1.Cc1cc2c(cc1C)C13C=CC(C)CC1N(CC3)C2. The van der Waals surface area contributed by atoms with Crippen LogP contribution in [0.1, 0.15) is 138 Å². The highest BCUT2D eigenvalue weighted by Gasteiger charge is 2.56. The summed E-state index contributed by atoms with van der Waals surface area (Å²) >= 11 is 0. The lowest BCUT2D eigenvalue weighted by molar-refractivity contribution is 0.168. The molecule has 9 aliphatic heterocycles. The molecule has 9 heterocycles. The van der Waals surface area contributed by atoms with E-state index in [1.165, 1.54) is 120 Å². The number of phenolic OH excluding ortho intramolecular Hbond substituents is 1. The van der Waals surface area contributed by atoms with Gasteiger partial charge in [-0.3, -0.25) is 19.6 Å². The van der Waals surface area contributed by atoms with Crippen LogP contribution in [-0.4, -0.2) is 81.8 Å². The van der Waals surface area contributed by atoms with Crippen LogP contribution in [-0.2, 0) is 47.8 Å². The molecule has 4 fully saturated rings. The highest BCUT2D eigenvalue weighted by Crippen LogP contribution is 2.57. The molecule has 77 heavy (non-hydrogen) atoms. The summed E-state index contributed by atoms with van der Waals surface area (Å²) in [5.74, 6) is 3.73. The van der Waals surface area contributed by atoms with Crippen molar-refractivity contribution in [1.82, 2.24) is 19.6 Å². The van der Waals surface area contributed by atoms with E-state index in [2.05, 4.69) is 165 Å². The molecule has 4 saturated heterocycles. The number of benzene rings is 4. The van der Waals surface area contributed by atoms with Crippen LogP contribution in [0.15, 0.2) is 121 Å². The molecule has 0 radical (unpaired) electrons. The highest BCUT2D eigenvalue weighted by molar-refractivity contribution is 5.57. The number of hydrogen-bond donors (Lipinski definition) is 1. The van der Waals surface area contributed by atoms with Crippen LogP contribution in [0.5, 0.6) is 17.2 Å². The summed E-state index contributed by atoms with van der Waals surface area (Å²) in [6.07, 6.45) is 29.1. The van der Waals surface area contributed by atoms with Gasteiger partial charge in [0.05, 0.1) is 0 Å². The smallest absolute Gasteiger partial charge is 0.231 e. The number of aryl methyl sites for hydroxylation is 5. The third-order valence-electron chi connectivity index (χ3n) is 22.1. The molecule has 4 aromatic carbocycles. The fraction of sp³-hybridized carbons (Fsp3) is 0.486. The molecule has 17 rings (SSSR count). The van der Waals surface area contributed by atoms with E-state index in [4.69, 9.17) is 9.47 Å². The molecule has 7 heteroatoms. The maximum absolute atomic E-state index is 9.95. The van der Waals surface area contributed by atoms with E-state index in [1.807, 2.05) is 13.0 Å². The van der Waals surface area contributed by atoms with Gasteiger partial charge in [-0.1, -0.05) is 117 Å². The Bertz CT molecular complexity index is 3180. The fourth-order valence-corrected chi connectivity index (χ4v) is 17.7. The molecule has 8 bridgehead atoms. The zero-order valence-electron chi connectivity index (χ0n) is 47.2. The van der Waals surface area contributed by atoms with Crippen molar-refractivity contribution in [2.45, 2.75) is 172 Å². The van der Waals surface area contributed by atoms with Crippen molar-refractivity contribution >= 4 is 0 Å². The number of allylic oxidation sites excluding steroid dienone is 4. The summed E-state index contributed by atoms with van der Waals surface area (Å²) < 4.78 is 11.2. The molecule has 400 valence electrons. The van der Waals surface area contributed by atoms with Crippen LogP contribution < -0.4 is 9.47 Å². The van der Waals surface area contributed by atoms with Gasteiger partial charge in [0, 0.05) is 98.2 Å². The Morgan fingerprint density at radius 1 is 0.455 bits per heavy atom. The molecule has 0 amide bonds. The van der Waals surface area contributed by atoms with Crippen LogP contribution >= 0.6 is 0 Å². The van der Waals surface area contributed by atoms with E-state index in [0.29, 0.717) is 42.0 Å². The van der Waals surface area contributed by atoms with Gasteiger partial charge in [-0.25, -0.2) is 0 Å². The van der Waals surface area contributed by atoms with Crippen molar-refractivity contribution in [3.8, 4) is 17.2 Å². The van der Waals surface area contributed by atoms with E-state index < -0.39 is 0 Å².